The number of hydrogen-bond acceptors (Lipinski definition) is 3. The van der Waals surface area contributed by atoms with Gasteiger partial charge < -0.3 is 9.30 Å². The van der Waals surface area contributed by atoms with Crippen molar-refractivity contribution in [1.82, 2.24) is 9.55 Å². The SMILES string of the molecule is C#CCn1c(CC#N)nc2cc(OCCC)ccc21. The van der Waals surface area contributed by atoms with Gasteiger partial charge in [0.05, 0.1) is 36.7 Å². The predicted octanol–water partition coefficient (Wildman–Crippen LogP) is 2.52. The van der Waals surface area contributed by atoms with Gasteiger partial charge in [0.1, 0.15) is 11.6 Å². The van der Waals surface area contributed by atoms with Gasteiger partial charge in [-0.3, -0.25) is 0 Å². The third kappa shape index (κ3) is 2.69. The summed E-state index contributed by atoms with van der Waals surface area (Å²) >= 11 is 0. The molecule has 2 aromatic rings. The molecule has 1 aromatic carbocycles. The Balaban J connectivity index is 2.44. The molecule has 0 aliphatic heterocycles. The number of hydrogen-bond donors (Lipinski definition) is 0. The van der Waals surface area contributed by atoms with Gasteiger partial charge in [0.25, 0.3) is 0 Å². The van der Waals surface area contributed by atoms with Crippen molar-refractivity contribution < 1.29 is 4.74 Å². The Morgan fingerprint density at radius 2 is 2.32 bits per heavy atom. The Kier molecular flexibility index (Phi) is 4.05. The van der Waals surface area contributed by atoms with Gasteiger partial charge in [-0.25, -0.2) is 4.98 Å². The molecule has 0 saturated carbocycles. The zero-order chi connectivity index (χ0) is 13.7. The molecule has 2 rings (SSSR count). The number of benzene rings is 1. The molecule has 0 fully saturated rings. The van der Waals surface area contributed by atoms with E-state index in [1.807, 2.05) is 22.8 Å². The third-order valence-electron chi connectivity index (χ3n) is 2.76. The van der Waals surface area contributed by atoms with Crippen LogP contribution in [0.1, 0.15) is 19.2 Å². The number of aromatic nitrogens is 2. The molecule has 0 spiro atoms. The van der Waals surface area contributed by atoms with E-state index in [0.29, 0.717) is 19.0 Å². The van der Waals surface area contributed by atoms with E-state index in [1.54, 1.807) is 0 Å². The second-order valence-corrected chi connectivity index (χ2v) is 4.15. The number of rotatable bonds is 5. The third-order valence-corrected chi connectivity index (χ3v) is 2.76. The van der Waals surface area contributed by atoms with E-state index in [-0.39, 0.29) is 6.42 Å². The Hall–Kier alpha value is -2.46. The molecule has 0 aliphatic rings. The summed E-state index contributed by atoms with van der Waals surface area (Å²) < 4.78 is 7.47. The largest absolute Gasteiger partial charge is 0.494 e. The van der Waals surface area contributed by atoms with Crippen LogP contribution in [0.25, 0.3) is 11.0 Å². The van der Waals surface area contributed by atoms with Crippen LogP contribution < -0.4 is 4.74 Å². The molecule has 0 atom stereocenters. The summed E-state index contributed by atoms with van der Waals surface area (Å²) in [6.45, 7) is 3.16. The second-order valence-electron chi connectivity index (χ2n) is 4.15. The molecule has 0 amide bonds. The van der Waals surface area contributed by atoms with Crippen molar-refractivity contribution in [2.24, 2.45) is 0 Å². The van der Waals surface area contributed by atoms with Crippen LogP contribution in [0.5, 0.6) is 5.75 Å². The van der Waals surface area contributed by atoms with E-state index >= 15 is 0 Å². The minimum Gasteiger partial charge on any atom is -0.494 e. The van der Waals surface area contributed by atoms with E-state index in [4.69, 9.17) is 16.4 Å². The first kappa shape index (κ1) is 13.0. The highest BCUT2D eigenvalue weighted by Crippen LogP contribution is 2.22. The molecular formula is C15H15N3O. The molecule has 0 bridgehead atoms. The first-order chi connectivity index (χ1) is 9.30. The Morgan fingerprint density at radius 3 is 3.00 bits per heavy atom. The topological polar surface area (TPSA) is 50.8 Å². The zero-order valence-corrected chi connectivity index (χ0v) is 10.9. The van der Waals surface area contributed by atoms with Gasteiger partial charge >= 0.3 is 0 Å². The van der Waals surface area contributed by atoms with Gasteiger partial charge in [-0.1, -0.05) is 12.8 Å². The number of nitriles is 1. The van der Waals surface area contributed by atoms with Crippen LogP contribution in [0.2, 0.25) is 0 Å². The molecule has 4 nitrogen and oxygen atoms in total. The maximum Gasteiger partial charge on any atom is 0.124 e. The van der Waals surface area contributed by atoms with E-state index in [9.17, 15) is 0 Å². The number of imidazole rings is 1. The molecule has 96 valence electrons. The van der Waals surface area contributed by atoms with E-state index in [1.165, 1.54) is 0 Å². The van der Waals surface area contributed by atoms with Crippen LogP contribution >= 0.6 is 0 Å². The number of terminal acetylenes is 1. The fourth-order valence-corrected chi connectivity index (χ4v) is 1.94. The zero-order valence-electron chi connectivity index (χ0n) is 10.9. The smallest absolute Gasteiger partial charge is 0.124 e. The fourth-order valence-electron chi connectivity index (χ4n) is 1.94. The lowest BCUT2D eigenvalue weighted by molar-refractivity contribution is 0.318. The number of fused-ring (bicyclic) bond motifs is 1. The molecule has 4 heteroatoms. The summed E-state index contributed by atoms with van der Waals surface area (Å²) in [6.07, 6.45) is 6.58. The minimum absolute atomic E-state index is 0.251. The van der Waals surface area contributed by atoms with Crippen molar-refractivity contribution in [3.8, 4) is 24.2 Å². The van der Waals surface area contributed by atoms with Crippen LogP contribution in [0.3, 0.4) is 0 Å². The molecule has 1 heterocycles. The van der Waals surface area contributed by atoms with Gasteiger partial charge in [-0.15, -0.1) is 6.42 Å². The van der Waals surface area contributed by atoms with Crippen LogP contribution in [0, 0.1) is 23.7 Å². The lowest BCUT2D eigenvalue weighted by Crippen LogP contribution is -2.01. The van der Waals surface area contributed by atoms with E-state index in [2.05, 4.69) is 23.9 Å². The lowest BCUT2D eigenvalue weighted by atomic mass is 10.3. The van der Waals surface area contributed by atoms with Crippen molar-refractivity contribution >= 4 is 11.0 Å². The van der Waals surface area contributed by atoms with E-state index < -0.39 is 0 Å². The first-order valence-electron chi connectivity index (χ1n) is 6.22. The van der Waals surface area contributed by atoms with Crippen molar-refractivity contribution in [3.63, 3.8) is 0 Å². The van der Waals surface area contributed by atoms with Crippen LogP contribution in [-0.4, -0.2) is 16.2 Å². The summed E-state index contributed by atoms with van der Waals surface area (Å²) in [5.41, 5.74) is 1.75. The minimum atomic E-state index is 0.251. The maximum atomic E-state index is 8.83. The molecule has 1 aromatic heterocycles. The number of ether oxygens (including phenoxy) is 1. The normalized spacial score (nSPS) is 10.1. The second kappa shape index (κ2) is 5.93. The Labute approximate surface area is 112 Å². The average Bonchev–Trinajstić information content (AvgIpc) is 2.75. The van der Waals surface area contributed by atoms with Crippen molar-refractivity contribution in [1.29, 1.82) is 5.26 Å². The summed E-state index contributed by atoms with van der Waals surface area (Å²) in [5.74, 6) is 4.08. The average molecular weight is 253 g/mol. The highest BCUT2D eigenvalue weighted by molar-refractivity contribution is 5.78. The van der Waals surface area contributed by atoms with Gasteiger partial charge in [0.15, 0.2) is 0 Å². The van der Waals surface area contributed by atoms with Gasteiger partial charge in [0, 0.05) is 6.07 Å². The first-order valence-corrected chi connectivity index (χ1v) is 6.22. The maximum absolute atomic E-state index is 8.83. The van der Waals surface area contributed by atoms with Crippen LogP contribution in [0.15, 0.2) is 18.2 Å². The van der Waals surface area contributed by atoms with Crippen molar-refractivity contribution in [3.05, 3.63) is 24.0 Å². The molecule has 0 saturated heterocycles. The molecule has 0 radical (unpaired) electrons. The van der Waals surface area contributed by atoms with Gasteiger partial charge in [-0.05, 0) is 18.6 Å². The van der Waals surface area contributed by atoms with Crippen molar-refractivity contribution in [2.45, 2.75) is 26.3 Å². The van der Waals surface area contributed by atoms with Crippen molar-refractivity contribution in [2.75, 3.05) is 6.61 Å². The highest BCUT2D eigenvalue weighted by Gasteiger charge is 2.10. The Bertz CT molecular complexity index is 658. The predicted molar refractivity (Wildman–Crippen MR) is 73.7 cm³/mol. The standard InChI is InChI=1S/C15H15N3O/c1-3-9-18-14-6-5-12(19-10-4-2)11-13(14)17-15(18)7-8-16/h1,5-6,11H,4,7,9-10H2,2H3. The van der Waals surface area contributed by atoms with Crippen LogP contribution in [0.4, 0.5) is 0 Å². The van der Waals surface area contributed by atoms with Crippen LogP contribution in [-0.2, 0) is 13.0 Å². The molecule has 0 N–H and O–H groups in total. The molecule has 19 heavy (non-hydrogen) atoms. The molecule has 0 aliphatic carbocycles. The Morgan fingerprint density at radius 1 is 1.47 bits per heavy atom. The summed E-state index contributed by atoms with van der Waals surface area (Å²) in [4.78, 5) is 4.45. The fraction of sp³-hybridized carbons (Fsp3) is 0.333. The molecule has 0 unspecified atom stereocenters. The number of nitrogens with zero attached hydrogens (tertiary/aromatic N) is 3. The van der Waals surface area contributed by atoms with Gasteiger partial charge in [0.2, 0.25) is 0 Å². The summed E-state index contributed by atoms with van der Waals surface area (Å²) in [5, 5.41) is 8.83. The monoisotopic (exact) mass is 253 g/mol. The molecular weight excluding hydrogens is 238 g/mol. The van der Waals surface area contributed by atoms with Gasteiger partial charge in [-0.2, -0.15) is 5.26 Å². The van der Waals surface area contributed by atoms with E-state index in [0.717, 1.165) is 23.2 Å². The quantitative estimate of drug-likeness (QED) is 0.769. The lowest BCUT2D eigenvalue weighted by Gasteiger charge is -2.05. The highest BCUT2D eigenvalue weighted by atomic mass is 16.5. The summed E-state index contributed by atoms with van der Waals surface area (Å²) in [7, 11) is 0. The summed E-state index contributed by atoms with van der Waals surface area (Å²) in [6, 6.07) is 7.84.